The van der Waals surface area contributed by atoms with E-state index in [9.17, 15) is 4.79 Å². The van der Waals surface area contributed by atoms with Crippen LogP contribution in [0.2, 0.25) is 0 Å². The maximum atomic E-state index is 12.0. The van der Waals surface area contributed by atoms with Gasteiger partial charge in [-0.15, -0.1) is 0 Å². The van der Waals surface area contributed by atoms with Crippen LogP contribution in [0, 0.1) is 5.92 Å². The second kappa shape index (κ2) is 10.2. The van der Waals surface area contributed by atoms with E-state index in [1.807, 2.05) is 30.3 Å². The molecular weight excluding hydrogens is 332 g/mol. The van der Waals surface area contributed by atoms with Gasteiger partial charge in [-0.2, -0.15) is 0 Å². The summed E-state index contributed by atoms with van der Waals surface area (Å²) < 4.78 is 11.0. The molecule has 2 heterocycles. The van der Waals surface area contributed by atoms with Gasteiger partial charge in [0.15, 0.2) is 0 Å². The predicted octanol–water partition coefficient (Wildman–Crippen LogP) is 2.92. The average molecular weight is 360 g/mol. The molecule has 2 atom stereocenters. The normalized spacial score (nSPS) is 21.9. The fourth-order valence-electron chi connectivity index (χ4n) is 3.18. The van der Waals surface area contributed by atoms with Crippen LogP contribution in [-0.4, -0.2) is 44.1 Å². The Balaban J connectivity index is 1.22. The standard InChI is InChI=1S/C20H28N2O4/c23-20(21-14-16-9-11-24-15-16)13-17-12-19(26-22-17)8-4-5-10-25-18-6-2-1-3-7-18/h1-3,6-7,16,19H,4-5,8-15H2,(H,21,23). The second-order valence-corrected chi connectivity index (χ2v) is 6.96. The van der Waals surface area contributed by atoms with Gasteiger partial charge < -0.3 is 19.6 Å². The number of carbonyl (C=O) groups excluding carboxylic acids is 1. The zero-order valence-electron chi connectivity index (χ0n) is 15.2. The molecule has 1 fully saturated rings. The maximum absolute atomic E-state index is 12.0. The van der Waals surface area contributed by atoms with Gasteiger partial charge in [0.1, 0.15) is 11.9 Å². The van der Waals surface area contributed by atoms with Gasteiger partial charge in [0, 0.05) is 25.5 Å². The van der Waals surface area contributed by atoms with Gasteiger partial charge in [0.25, 0.3) is 0 Å². The van der Waals surface area contributed by atoms with E-state index in [4.69, 9.17) is 14.3 Å². The Morgan fingerprint density at radius 1 is 1.27 bits per heavy atom. The van der Waals surface area contributed by atoms with E-state index in [1.54, 1.807) is 0 Å². The van der Waals surface area contributed by atoms with Gasteiger partial charge in [0.05, 0.1) is 25.3 Å². The molecule has 0 bridgehead atoms. The number of ether oxygens (including phenoxy) is 2. The van der Waals surface area contributed by atoms with Crippen molar-refractivity contribution >= 4 is 11.6 Å². The van der Waals surface area contributed by atoms with E-state index in [1.165, 1.54) is 0 Å². The van der Waals surface area contributed by atoms with Crippen LogP contribution in [0.15, 0.2) is 35.5 Å². The lowest BCUT2D eigenvalue weighted by molar-refractivity contribution is -0.120. The Labute approximate surface area is 154 Å². The highest BCUT2D eigenvalue weighted by molar-refractivity contribution is 6.01. The summed E-state index contributed by atoms with van der Waals surface area (Å²) in [5.74, 6) is 1.38. The van der Waals surface area contributed by atoms with Gasteiger partial charge in [0.2, 0.25) is 5.91 Å². The number of benzene rings is 1. The van der Waals surface area contributed by atoms with Gasteiger partial charge in [-0.1, -0.05) is 23.4 Å². The molecule has 0 spiro atoms. The van der Waals surface area contributed by atoms with E-state index in [0.29, 0.717) is 25.5 Å². The van der Waals surface area contributed by atoms with Crippen LogP contribution in [0.3, 0.4) is 0 Å². The third-order valence-electron chi connectivity index (χ3n) is 4.70. The Morgan fingerprint density at radius 2 is 2.15 bits per heavy atom. The lowest BCUT2D eigenvalue weighted by atomic mass is 10.0. The van der Waals surface area contributed by atoms with Crippen molar-refractivity contribution < 1.29 is 19.1 Å². The molecule has 2 aliphatic heterocycles. The zero-order valence-corrected chi connectivity index (χ0v) is 15.2. The van der Waals surface area contributed by atoms with Crippen molar-refractivity contribution in [1.82, 2.24) is 5.32 Å². The first-order valence-electron chi connectivity index (χ1n) is 9.53. The van der Waals surface area contributed by atoms with Crippen molar-refractivity contribution in [2.24, 2.45) is 11.1 Å². The number of unbranched alkanes of at least 4 members (excludes halogenated alkanes) is 1. The minimum atomic E-state index is 0.0242. The van der Waals surface area contributed by atoms with Gasteiger partial charge >= 0.3 is 0 Å². The lowest BCUT2D eigenvalue weighted by Gasteiger charge is -2.10. The molecule has 0 aliphatic carbocycles. The molecule has 1 aromatic rings. The molecule has 0 saturated carbocycles. The number of nitrogens with zero attached hydrogens (tertiary/aromatic N) is 1. The predicted molar refractivity (Wildman–Crippen MR) is 99.3 cm³/mol. The largest absolute Gasteiger partial charge is 0.494 e. The van der Waals surface area contributed by atoms with Gasteiger partial charge in [-0.05, 0) is 37.8 Å². The minimum absolute atomic E-state index is 0.0242. The van der Waals surface area contributed by atoms with Crippen molar-refractivity contribution in [2.45, 2.75) is 44.6 Å². The molecule has 1 aromatic carbocycles. The molecule has 2 aliphatic rings. The fourth-order valence-corrected chi connectivity index (χ4v) is 3.18. The van der Waals surface area contributed by atoms with E-state index in [-0.39, 0.29) is 12.0 Å². The van der Waals surface area contributed by atoms with Crippen LogP contribution in [0.5, 0.6) is 5.75 Å². The summed E-state index contributed by atoms with van der Waals surface area (Å²) in [5, 5.41) is 7.05. The van der Waals surface area contributed by atoms with Crippen molar-refractivity contribution in [3.05, 3.63) is 30.3 Å². The van der Waals surface area contributed by atoms with Crippen molar-refractivity contribution in [1.29, 1.82) is 0 Å². The Hall–Kier alpha value is -2.08. The molecule has 142 valence electrons. The van der Waals surface area contributed by atoms with Crippen LogP contribution in [0.25, 0.3) is 0 Å². The number of hydrogen-bond acceptors (Lipinski definition) is 5. The number of carbonyl (C=O) groups is 1. The molecule has 0 radical (unpaired) electrons. The third kappa shape index (κ3) is 6.33. The molecule has 2 unspecified atom stereocenters. The monoisotopic (exact) mass is 360 g/mol. The molecule has 26 heavy (non-hydrogen) atoms. The lowest BCUT2D eigenvalue weighted by Crippen LogP contribution is -2.30. The summed E-state index contributed by atoms with van der Waals surface area (Å²) in [6, 6.07) is 9.85. The first-order valence-corrected chi connectivity index (χ1v) is 9.53. The summed E-state index contributed by atoms with van der Waals surface area (Å²) in [6.45, 7) is 2.95. The fraction of sp³-hybridized carbons (Fsp3) is 0.600. The van der Waals surface area contributed by atoms with Crippen LogP contribution < -0.4 is 10.1 Å². The van der Waals surface area contributed by atoms with Crippen LogP contribution in [0.4, 0.5) is 0 Å². The highest BCUT2D eigenvalue weighted by Crippen LogP contribution is 2.19. The first-order chi connectivity index (χ1) is 12.8. The number of para-hydroxylation sites is 1. The zero-order chi connectivity index (χ0) is 18.0. The smallest absolute Gasteiger partial charge is 0.225 e. The number of rotatable bonds is 10. The highest BCUT2D eigenvalue weighted by Gasteiger charge is 2.23. The van der Waals surface area contributed by atoms with Crippen LogP contribution >= 0.6 is 0 Å². The number of amides is 1. The van der Waals surface area contributed by atoms with Crippen LogP contribution in [-0.2, 0) is 14.4 Å². The summed E-state index contributed by atoms with van der Waals surface area (Å²) >= 11 is 0. The average Bonchev–Trinajstić information content (AvgIpc) is 3.33. The number of oxime groups is 1. The molecule has 1 saturated heterocycles. The Morgan fingerprint density at radius 3 is 2.96 bits per heavy atom. The SMILES string of the molecule is O=C(CC1=NOC(CCCCOc2ccccc2)C1)NCC1CCOC1. The van der Waals surface area contributed by atoms with E-state index < -0.39 is 0 Å². The summed E-state index contributed by atoms with van der Waals surface area (Å²) in [4.78, 5) is 17.4. The number of nitrogens with one attached hydrogen (secondary N) is 1. The van der Waals surface area contributed by atoms with Gasteiger partial charge in [-0.25, -0.2) is 0 Å². The van der Waals surface area contributed by atoms with Crippen molar-refractivity contribution in [2.75, 3.05) is 26.4 Å². The number of hydrogen-bond donors (Lipinski definition) is 1. The van der Waals surface area contributed by atoms with Crippen molar-refractivity contribution in [3.8, 4) is 5.75 Å². The molecule has 6 heteroatoms. The van der Waals surface area contributed by atoms with E-state index in [0.717, 1.165) is 56.8 Å². The molecule has 6 nitrogen and oxygen atoms in total. The summed E-state index contributed by atoms with van der Waals surface area (Å²) in [7, 11) is 0. The highest BCUT2D eigenvalue weighted by atomic mass is 16.6. The molecular formula is C20H28N2O4. The summed E-state index contributed by atoms with van der Waals surface area (Å²) in [5.41, 5.74) is 0.843. The second-order valence-electron chi connectivity index (χ2n) is 6.96. The molecule has 1 amide bonds. The van der Waals surface area contributed by atoms with E-state index >= 15 is 0 Å². The Kier molecular flexibility index (Phi) is 7.31. The van der Waals surface area contributed by atoms with Gasteiger partial charge in [-0.3, -0.25) is 4.79 Å². The van der Waals surface area contributed by atoms with E-state index in [2.05, 4.69) is 10.5 Å². The minimum Gasteiger partial charge on any atom is -0.494 e. The molecule has 3 rings (SSSR count). The Bertz CT molecular complexity index is 585. The van der Waals surface area contributed by atoms with Crippen molar-refractivity contribution in [3.63, 3.8) is 0 Å². The van der Waals surface area contributed by atoms with Crippen LogP contribution in [0.1, 0.15) is 38.5 Å². The first kappa shape index (κ1) is 18.7. The maximum Gasteiger partial charge on any atom is 0.225 e. The third-order valence-corrected chi connectivity index (χ3v) is 4.70. The molecule has 0 aromatic heterocycles. The molecule has 1 N–H and O–H groups in total. The summed E-state index contributed by atoms with van der Waals surface area (Å²) in [6.07, 6.45) is 5.15. The quantitative estimate of drug-likeness (QED) is 0.652. The topological polar surface area (TPSA) is 69.2 Å².